The van der Waals surface area contributed by atoms with Crippen LogP contribution in [0.5, 0.6) is 0 Å². The van der Waals surface area contributed by atoms with Crippen LogP contribution in [0.4, 0.5) is 0 Å². The van der Waals surface area contributed by atoms with Gasteiger partial charge in [-0.2, -0.15) is 17.0 Å². The monoisotopic (exact) mass is 234 g/mol. The first-order valence-corrected chi connectivity index (χ1v) is 6.94. The van der Waals surface area contributed by atoms with Crippen LogP contribution in [0.1, 0.15) is 25.7 Å². The maximum Gasteiger partial charge on any atom is 0.282 e. The molecule has 2 fully saturated rings. The largest absolute Gasteiger partial charge is 0.392 e. The second-order valence-corrected chi connectivity index (χ2v) is 6.20. The van der Waals surface area contributed by atoms with Crippen LogP contribution < -0.4 is 0 Å². The first kappa shape index (κ1) is 11.3. The van der Waals surface area contributed by atoms with Crippen LogP contribution in [0.3, 0.4) is 0 Å². The first-order valence-electron chi connectivity index (χ1n) is 5.54. The van der Waals surface area contributed by atoms with E-state index in [2.05, 4.69) is 0 Å². The van der Waals surface area contributed by atoms with E-state index in [0.717, 1.165) is 19.3 Å². The Morgan fingerprint density at radius 1 is 1.00 bits per heavy atom. The van der Waals surface area contributed by atoms with Gasteiger partial charge in [0.05, 0.1) is 6.10 Å². The molecule has 2 aliphatic rings. The molecule has 0 aromatic heterocycles. The van der Waals surface area contributed by atoms with Crippen LogP contribution >= 0.6 is 0 Å². The van der Waals surface area contributed by atoms with E-state index in [1.165, 1.54) is 8.61 Å². The van der Waals surface area contributed by atoms with Crippen molar-refractivity contribution in [3.8, 4) is 0 Å². The highest BCUT2D eigenvalue weighted by molar-refractivity contribution is 7.86. The molecule has 0 aromatic rings. The Morgan fingerprint density at radius 2 is 1.60 bits per heavy atom. The number of β-amino-alcohol motifs (C(OH)–C–C–N with tert-alkyl or cyclic N) is 1. The topological polar surface area (TPSA) is 60.9 Å². The summed E-state index contributed by atoms with van der Waals surface area (Å²) in [5.41, 5.74) is 0. The minimum absolute atomic E-state index is 0.263. The average molecular weight is 234 g/mol. The quantitative estimate of drug-likeness (QED) is 0.719. The van der Waals surface area contributed by atoms with Crippen molar-refractivity contribution in [3.63, 3.8) is 0 Å². The molecule has 1 atom stereocenters. The Labute approximate surface area is 90.9 Å². The number of rotatable bonds is 2. The van der Waals surface area contributed by atoms with Crippen molar-refractivity contribution >= 4 is 10.2 Å². The van der Waals surface area contributed by atoms with E-state index >= 15 is 0 Å². The molecular formula is C9H18N2O3S. The van der Waals surface area contributed by atoms with Crippen molar-refractivity contribution in [2.75, 3.05) is 26.2 Å². The molecule has 6 heteroatoms. The van der Waals surface area contributed by atoms with Gasteiger partial charge in [-0.1, -0.05) is 0 Å². The molecule has 5 nitrogen and oxygen atoms in total. The van der Waals surface area contributed by atoms with E-state index in [1.807, 2.05) is 0 Å². The van der Waals surface area contributed by atoms with Gasteiger partial charge in [-0.3, -0.25) is 0 Å². The molecule has 0 radical (unpaired) electrons. The maximum atomic E-state index is 12.1. The lowest BCUT2D eigenvalue weighted by Gasteiger charge is -2.32. The van der Waals surface area contributed by atoms with Gasteiger partial charge in [0, 0.05) is 26.2 Å². The van der Waals surface area contributed by atoms with Crippen LogP contribution in [0.25, 0.3) is 0 Å². The van der Waals surface area contributed by atoms with Crippen LogP contribution in [0, 0.1) is 0 Å². The smallest absolute Gasteiger partial charge is 0.282 e. The van der Waals surface area contributed by atoms with Gasteiger partial charge in [-0.25, -0.2) is 0 Å². The number of piperidine rings is 1. The molecular weight excluding hydrogens is 216 g/mol. The molecule has 2 rings (SSSR count). The summed E-state index contributed by atoms with van der Waals surface area (Å²) in [4.78, 5) is 0. The molecule has 88 valence electrons. The Morgan fingerprint density at radius 3 is 2.20 bits per heavy atom. The van der Waals surface area contributed by atoms with Crippen LogP contribution in [0.2, 0.25) is 0 Å². The number of nitrogens with zero attached hydrogens (tertiary/aromatic N) is 2. The summed E-state index contributed by atoms with van der Waals surface area (Å²) in [5, 5.41) is 9.46. The van der Waals surface area contributed by atoms with E-state index in [9.17, 15) is 13.5 Å². The second kappa shape index (κ2) is 4.37. The van der Waals surface area contributed by atoms with Gasteiger partial charge in [-0.15, -0.1) is 0 Å². The zero-order valence-electron chi connectivity index (χ0n) is 8.80. The van der Waals surface area contributed by atoms with Gasteiger partial charge in [-0.05, 0) is 25.7 Å². The number of aliphatic hydroxyl groups excluding tert-OH is 1. The molecule has 0 bridgehead atoms. The van der Waals surface area contributed by atoms with Crippen molar-refractivity contribution in [2.45, 2.75) is 31.8 Å². The minimum atomic E-state index is -3.29. The third-order valence-electron chi connectivity index (χ3n) is 3.08. The normalized spacial score (nSPS) is 30.9. The lowest BCUT2D eigenvalue weighted by molar-refractivity contribution is 0.105. The summed E-state index contributed by atoms with van der Waals surface area (Å²) in [5.74, 6) is 0. The fraction of sp³-hybridized carbons (Fsp3) is 1.00. The van der Waals surface area contributed by atoms with Gasteiger partial charge in [0.15, 0.2) is 0 Å². The van der Waals surface area contributed by atoms with Gasteiger partial charge in [0.25, 0.3) is 10.2 Å². The Hall–Kier alpha value is -0.170. The van der Waals surface area contributed by atoms with E-state index < -0.39 is 16.3 Å². The van der Waals surface area contributed by atoms with Crippen LogP contribution in [-0.4, -0.2) is 54.4 Å². The van der Waals surface area contributed by atoms with Gasteiger partial charge < -0.3 is 5.11 Å². The van der Waals surface area contributed by atoms with E-state index in [4.69, 9.17) is 0 Å². The van der Waals surface area contributed by atoms with Crippen molar-refractivity contribution < 1.29 is 13.5 Å². The molecule has 1 N–H and O–H groups in total. The zero-order chi connectivity index (χ0) is 10.9. The molecule has 0 saturated carbocycles. The first-order chi connectivity index (χ1) is 7.10. The van der Waals surface area contributed by atoms with Crippen LogP contribution in [0.15, 0.2) is 0 Å². The average Bonchev–Trinajstić information content (AvgIpc) is 2.71. The van der Waals surface area contributed by atoms with Crippen molar-refractivity contribution in [1.29, 1.82) is 0 Å². The van der Waals surface area contributed by atoms with Crippen molar-refractivity contribution in [3.05, 3.63) is 0 Å². The highest BCUT2D eigenvalue weighted by Gasteiger charge is 2.34. The fourth-order valence-electron chi connectivity index (χ4n) is 2.21. The van der Waals surface area contributed by atoms with E-state index in [1.54, 1.807) is 0 Å². The summed E-state index contributed by atoms with van der Waals surface area (Å²) in [7, 11) is -3.29. The van der Waals surface area contributed by atoms with Gasteiger partial charge in [0.2, 0.25) is 0 Å². The third-order valence-corrected chi connectivity index (χ3v) is 5.08. The second-order valence-electron chi connectivity index (χ2n) is 4.27. The minimum Gasteiger partial charge on any atom is -0.392 e. The zero-order valence-corrected chi connectivity index (χ0v) is 9.62. The highest BCUT2D eigenvalue weighted by Crippen LogP contribution is 2.20. The molecule has 0 amide bonds. The van der Waals surface area contributed by atoms with E-state index in [-0.39, 0.29) is 6.54 Å². The molecule has 2 aliphatic heterocycles. The van der Waals surface area contributed by atoms with E-state index in [0.29, 0.717) is 26.1 Å². The molecule has 2 saturated heterocycles. The third kappa shape index (κ3) is 2.33. The summed E-state index contributed by atoms with van der Waals surface area (Å²) in [6.45, 7) is 2.08. The van der Waals surface area contributed by atoms with Gasteiger partial charge >= 0.3 is 0 Å². The lowest BCUT2D eigenvalue weighted by Crippen LogP contribution is -2.48. The fourth-order valence-corrected chi connectivity index (χ4v) is 3.98. The Kier molecular flexibility index (Phi) is 3.30. The Balaban J connectivity index is 2.07. The van der Waals surface area contributed by atoms with Crippen molar-refractivity contribution in [1.82, 2.24) is 8.61 Å². The number of hydrogen-bond acceptors (Lipinski definition) is 3. The lowest BCUT2D eigenvalue weighted by atomic mass is 10.1. The molecule has 1 unspecified atom stereocenters. The molecule has 2 heterocycles. The Bertz CT molecular complexity index is 311. The highest BCUT2D eigenvalue weighted by atomic mass is 32.2. The molecule has 0 spiro atoms. The molecule has 15 heavy (non-hydrogen) atoms. The number of aliphatic hydroxyl groups is 1. The summed E-state index contributed by atoms with van der Waals surface area (Å²) < 4.78 is 27.1. The maximum absolute atomic E-state index is 12.1. The summed E-state index contributed by atoms with van der Waals surface area (Å²) >= 11 is 0. The summed E-state index contributed by atoms with van der Waals surface area (Å²) in [6.07, 6.45) is 2.89. The van der Waals surface area contributed by atoms with Crippen molar-refractivity contribution in [2.24, 2.45) is 0 Å². The number of hydrogen-bond donors (Lipinski definition) is 1. The molecule has 0 aliphatic carbocycles. The molecule has 0 aromatic carbocycles. The predicted molar refractivity (Wildman–Crippen MR) is 56.5 cm³/mol. The standard InChI is InChI=1S/C9H18N2O3S/c12-9-4-3-7-11(8-9)15(13,14)10-5-1-2-6-10/h9,12H,1-8H2. The van der Waals surface area contributed by atoms with Crippen LogP contribution in [-0.2, 0) is 10.2 Å². The SMILES string of the molecule is O=S(=O)(N1CCCC1)N1CCCC(O)C1. The van der Waals surface area contributed by atoms with Gasteiger partial charge in [0.1, 0.15) is 0 Å². The summed E-state index contributed by atoms with van der Waals surface area (Å²) in [6, 6.07) is 0. The predicted octanol–water partition coefficient (Wildman–Crippen LogP) is -0.216.